The third-order valence-electron chi connectivity index (χ3n) is 1.63. The van der Waals surface area contributed by atoms with E-state index in [0.29, 0.717) is 13.0 Å². The van der Waals surface area contributed by atoms with E-state index in [-0.39, 0.29) is 5.69 Å². The van der Waals surface area contributed by atoms with Gasteiger partial charge in [-0.15, -0.1) is 0 Å². The van der Waals surface area contributed by atoms with Crippen LogP contribution in [0.5, 0.6) is 0 Å². The molecule has 0 atom stereocenters. The monoisotopic (exact) mass is 193 g/mol. The highest BCUT2D eigenvalue weighted by atomic mass is 16.6. The van der Waals surface area contributed by atoms with Gasteiger partial charge in [-0.05, 0) is 12.1 Å². The molecule has 1 radical (unpaired) electrons. The molecule has 0 saturated heterocycles. The van der Waals surface area contributed by atoms with Crippen molar-refractivity contribution in [2.24, 2.45) is 0 Å². The summed E-state index contributed by atoms with van der Waals surface area (Å²) in [5, 5.41) is 13.2. The number of hydrogen-bond acceptors (Lipinski definition) is 4. The summed E-state index contributed by atoms with van der Waals surface area (Å²) in [6, 6.07) is 6.02. The highest BCUT2D eigenvalue weighted by molar-refractivity contribution is 5.53. The van der Waals surface area contributed by atoms with Crippen LogP contribution in [-0.4, -0.2) is 17.8 Å². The zero-order chi connectivity index (χ0) is 10.4. The fraction of sp³-hybridized carbons (Fsp3) is 0.222. The molecule has 1 aromatic carbocycles. The quantitative estimate of drug-likeness (QED) is 0.437. The van der Waals surface area contributed by atoms with Crippen molar-refractivity contribution in [2.45, 2.75) is 6.42 Å². The molecule has 0 aliphatic carbocycles. The largest absolute Gasteiger partial charge is 0.385 e. The van der Waals surface area contributed by atoms with E-state index in [1.54, 1.807) is 18.4 Å². The van der Waals surface area contributed by atoms with Crippen LogP contribution >= 0.6 is 0 Å². The molecule has 0 saturated carbocycles. The maximum Gasteiger partial charge on any atom is 0.269 e. The van der Waals surface area contributed by atoms with Gasteiger partial charge in [0.15, 0.2) is 6.29 Å². The maximum atomic E-state index is 10.3. The molecule has 0 aliphatic heterocycles. The Morgan fingerprint density at radius 1 is 1.36 bits per heavy atom. The molecule has 1 N–H and O–H groups in total. The van der Waals surface area contributed by atoms with Crippen molar-refractivity contribution in [1.29, 1.82) is 0 Å². The second kappa shape index (κ2) is 4.96. The zero-order valence-electron chi connectivity index (χ0n) is 7.40. The molecule has 0 aliphatic rings. The molecule has 0 fully saturated rings. The van der Waals surface area contributed by atoms with Gasteiger partial charge in [-0.3, -0.25) is 14.9 Å². The Bertz CT molecular complexity index is 321. The highest BCUT2D eigenvalue weighted by Crippen LogP contribution is 2.14. The second-order valence-electron chi connectivity index (χ2n) is 2.63. The van der Waals surface area contributed by atoms with Gasteiger partial charge < -0.3 is 5.32 Å². The summed E-state index contributed by atoms with van der Waals surface area (Å²) in [4.78, 5) is 19.7. The van der Waals surface area contributed by atoms with E-state index in [1.165, 1.54) is 12.1 Å². The second-order valence-corrected chi connectivity index (χ2v) is 2.63. The number of non-ortho nitro benzene ring substituents is 1. The SMILES string of the molecule is O=[C]CCNc1ccc([N+](=O)[O-])cc1. The molecule has 0 aromatic heterocycles. The van der Waals surface area contributed by atoms with Crippen LogP contribution < -0.4 is 5.32 Å². The fourth-order valence-corrected chi connectivity index (χ4v) is 0.959. The minimum absolute atomic E-state index is 0.0532. The first-order valence-corrected chi connectivity index (χ1v) is 4.07. The van der Waals surface area contributed by atoms with E-state index in [4.69, 9.17) is 0 Å². The number of carbonyl (C=O) groups excluding carboxylic acids is 1. The smallest absolute Gasteiger partial charge is 0.269 e. The molecule has 0 amide bonds. The molecular weight excluding hydrogens is 184 g/mol. The van der Waals surface area contributed by atoms with Crippen molar-refractivity contribution in [1.82, 2.24) is 0 Å². The number of nitrogens with zero attached hydrogens (tertiary/aromatic N) is 1. The molecular formula is C9H9N2O3. The number of nitrogens with one attached hydrogen (secondary N) is 1. The Balaban J connectivity index is 2.55. The molecule has 5 nitrogen and oxygen atoms in total. The summed E-state index contributed by atoms with van der Waals surface area (Å²) < 4.78 is 0. The molecule has 14 heavy (non-hydrogen) atoms. The summed E-state index contributed by atoms with van der Waals surface area (Å²) >= 11 is 0. The van der Waals surface area contributed by atoms with Gasteiger partial charge in [0.1, 0.15) is 0 Å². The molecule has 5 heteroatoms. The standard InChI is InChI=1S/C9H9N2O3/c12-7-1-6-10-8-2-4-9(5-3-8)11(13)14/h2-5,10H,1,6H2. The molecule has 1 aromatic rings. The molecule has 1 rings (SSSR count). The van der Waals surface area contributed by atoms with Crippen molar-refractivity contribution >= 4 is 17.7 Å². The maximum absolute atomic E-state index is 10.3. The third kappa shape index (κ3) is 2.85. The number of nitro groups is 1. The fourth-order valence-electron chi connectivity index (χ4n) is 0.959. The van der Waals surface area contributed by atoms with Crippen LogP contribution in [0.25, 0.3) is 0 Å². The molecule has 0 heterocycles. The minimum Gasteiger partial charge on any atom is -0.385 e. The van der Waals surface area contributed by atoms with Crippen LogP contribution in [0.1, 0.15) is 6.42 Å². The van der Waals surface area contributed by atoms with Gasteiger partial charge in [0.25, 0.3) is 5.69 Å². The highest BCUT2D eigenvalue weighted by Gasteiger charge is 2.02. The minimum atomic E-state index is -0.455. The van der Waals surface area contributed by atoms with Crippen LogP contribution in [0.2, 0.25) is 0 Å². The first kappa shape index (κ1) is 10.2. The van der Waals surface area contributed by atoms with E-state index in [0.717, 1.165) is 5.69 Å². The summed E-state index contributed by atoms with van der Waals surface area (Å²) in [5.74, 6) is 0. The molecule has 73 valence electrons. The molecule has 0 unspecified atom stereocenters. The van der Waals surface area contributed by atoms with E-state index < -0.39 is 4.92 Å². The number of rotatable bonds is 5. The van der Waals surface area contributed by atoms with Gasteiger partial charge in [-0.1, -0.05) is 0 Å². The van der Waals surface area contributed by atoms with Crippen molar-refractivity contribution in [2.75, 3.05) is 11.9 Å². The zero-order valence-corrected chi connectivity index (χ0v) is 7.40. The molecule has 0 bridgehead atoms. The lowest BCUT2D eigenvalue weighted by atomic mass is 10.3. The van der Waals surface area contributed by atoms with Crippen LogP contribution in [0, 0.1) is 10.1 Å². The summed E-state index contributed by atoms with van der Waals surface area (Å²) in [7, 11) is 0. The van der Waals surface area contributed by atoms with Crippen molar-refractivity contribution in [3.05, 3.63) is 34.4 Å². The average molecular weight is 193 g/mol. The van der Waals surface area contributed by atoms with E-state index in [2.05, 4.69) is 5.32 Å². The Morgan fingerprint density at radius 2 is 2.00 bits per heavy atom. The third-order valence-corrected chi connectivity index (χ3v) is 1.63. The average Bonchev–Trinajstić information content (AvgIpc) is 2.19. The van der Waals surface area contributed by atoms with Gasteiger partial charge in [0, 0.05) is 30.8 Å². The van der Waals surface area contributed by atoms with Crippen LogP contribution in [0.3, 0.4) is 0 Å². The number of nitro benzene ring substituents is 1. The van der Waals surface area contributed by atoms with Crippen molar-refractivity contribution < 1.29 is 9.72 Å². The van der Waals surface area contributed by atoms with Gasteiger partial charge in [0.2, 0.25) is 0 Å². The lowest BCUT2D eigenvalue weighted by Gasteiger charge is -2.02. The van der Waals surface area contributed by atoms with Crippen molar-refractivity contribution in [3.8, 4) is 0 Å². The lowest BCUT2D eigenvalue weighted by Crippen LogP contribution is -2.01. The lowest BCUT2D eigenvalue weighted by molar-refractivity contribution is -0.384. The van der Waals surface area contributed by atoms with Crippen LogP contribution in [0.15, 0.2) is 24.3 Å². The topological polar surface area (TPSA) is 72.2 Å². The Labute approximate surface area is 80.9 Å². The van der Waals surface area contributed by atoms with Gasteiger partial charge in [-0.25, -0.2) is 0 Å². The van der Waals surface area contributed by atoms with Crippen LogP contribution in [0.4, 0.5) is 11.4 Å². The van der Waals surface area contributed by atoms with E-state index in [1.807, 2.05) is 0 Å². The van der Waals surface area contributed by atoms with Crippen molar-refractivity contribution in [3.63, 3.8) is 0 Å². The van der Waals surface area contributed by atoms with Gasteiger partial charge >= 0.3 is 0 Å². The summed E-state index contributed by atoms with van der Waals surface area (Å²) in [5.41, 5.74) is 0.809. The Kier molecular flexibility index (Phi) is 3.60. The van der Waals surface area contributed by atoms with Gasteiger partial charge in [0.05, 0.1) is 4.92 Å². The normalized spacial score (nSPS) is 9.43. The van der Waals surface area contributed by atoms with E-state index in [9.17, 15) is 14.9 Å². The molecule has 0 spiro atoms. The summed E-state index contributed by atoms with van der Waals surface area (Å²) in [6.07, 6.45) is 2.05. The first-order valence-electron chi connectivity index (χ1n) is 4.07. The predicted octanol–water partition coefficient (Wildman–Crippen LogP) is 1.51. The Hall–Kier alpha value is -1.91. The Morgan fingerprint density at radius 3 is 2.50 bits per heavy atom. The number of benzene rings is 1. The number of hydrogen-bond donors (Lipinski definition) is 1. The van der Waals surface area contributed by atoms with Crippen LogP contribution in [-0.2, 0) is 4.79 Å². The van der Waals surface area contributed by atoms with E-state index >= 15 is 0 Å². The first-order chi connectivity index (χ1) is 6.74. The number of anilines is 1. The summed E-state index contributed by atoms with van der Waals surface area (Å²) in [6.45, 7) is 0.487. The predicted molar refractivity (Wildman–Crippen MR) is 51.9 cm³/mol. The van der Waals surface area contributed by atoms with Gasteiger partial charge in [-0.2, -0.15) is 0 Å².